The Morgan fingerprint density at radius 2 is 1.69 bits per heavy atom. The number of nitrogens with one attached hydrogen (secondary N) is 1. The van der Waals surface area contributed by atoms with Crippen LogP contribution in [-0.4, -0.2) is 25.7 Å². The van der Waals surface area contributed by atoms with E-state index in [1.54, 1.807) is 39.2 Å². The van der Waals surface area contributed by atoms with Crippen molar-refractivity contribution in [3.8, 4) is 22.6 Å². The van der Waals surface area contributed by atoms with E-state index in [1.165, 1.54) is 0 Å². The number of methoxy groups -OCH3 is 1. The number of rotatable bonds is 8. The van der Waals surface area contributed by atoms with Crippen molar-refractivity contribution >= 4 is 15.9 Å². The van der Waals surface area contributed by atoms with Crippen molar-refractivity contribution < 1.29 is 22.4 Å². The Balaban J connectivity index is 1.61. The first-order valence-electron chi connectivity index (χ1n) is 11.4. The molecule has 0 aliphatic rings. The quantitative estimate of drug-likeness (QED) is 0.328. The highest BCUT2D eigenvalue weighted by Crippen LogP contribution is 2.34. The summed E-state index contributed by atoms with van der Waals surface area (Å²) in [5.41, 5.74) is 6.13. The van der Waals surface area contributed by atoms with Crippen molar-refractivity contribution in [2.24, 2.45) is 0 Å². The monoisotopic (exact) mass is 507 g/mol. The van der Waals surface area contributed by atoms with Gasteiger partial charge >= 0.3 is 0 Å². The third kappa shape index (κ3) is 5.06. The zero-order valence-electron chi connectivity index (χ0n) is 21.2. The molecule has 2 aromatic heterocycles. The molecule has 8 nitrogen and oxygen atoms in total. The fourth-order valence-electron chi connectivity index (χ4n) is 4.03. The number of pyridine rings is 1. The van der Waals surface area contributed by atoms with Crippen molar-refractivity contribution in [1.82, 2.24) is 10.1 Å². The highest BCUT2D eigenvalue weighted by Gasteiger charge is 2.23. The molecule has 0 aliphatic heterocycles. The number of hydrogen-bond donors (Lipinski definition) is 1. The van der Waals surface area contributed by atoms with Gasteiger partial charge < -0.3 is 14.0 Å². The van der Waals surface area contributed by atoms with Crippen LogP contribution in [0.15, 0.2) is 57.9 Å². The molecular weight excluding hydrogens is 478 g/mol. The van der Waals surface area contributed by atoms with Crippen molar-refractivity contribution in [2.45, 2.75) is 46.1 Å². The number of sulfonamides is 1. The predicted octanol–water partition coefficient (Wildman–Crippen LogP) is 5.67. The predicted molar refractivity (Wildman–Crippen MR) is 138 cm³/mol. The van der Waals surface area contributed by atoms with Crippen LogP contribution < -0.4 is 14.2 Å². The molecule has 0 atom stereocenters. The second kappa shape index (κ2) is 10.0. The maximum absolute atomic E-state index is 13.3. The van der Waals surface area contributed by atoms with Crippen LogP contribution in [0.5, 0.6) is 11.5 Å². The fourth-order valence-corrected chi connectivity index (χ4v) is 5.30. The zero-order chi connectivity index (χ0) is 26.0. The van der Waals surface area contributed by atoms with Gasteiger partial charge in [-0.15, -0.1) is 0 Å². The van der Waals surface area contributed by atoms with Gasteiger partial charge in [0.15, 0.2) is 11.5 Å². The Kier molecular flexibility index (Phi) is 7.03. The second-order valence-corrected chi connectivity index (χ2v) is 10.3. The summed E-state index contributed by atoms with van der Waals surface area (Å²) in [5, 5.41) is 3.83. The highest BCUT2D eigenvalue weighted by atomic mass is 32.2. The normalized spacial score (nSPS) is 11.4. The lowest BCUT2D eigenvalue weighted by atomic mass is 9.98. The second-order valence-electron chi connectivity index (χ2n) is 8.64. The van der Waals surface area contributed by atoms with Crippen LogP contribution in [0.1, 0.15) is 33.8 Å². The summed E-state index contributed by atoms with van der Waals surface area (Å²) >= 11 is 0. The lowest BCUT2D eigenvalue weighted by Crippen LogP contribution is -2.14. The van der Waals surface area contributed by atoms with Gasteiger partial charge in [-0.1, -0.05) is 41.6 Å². The molecule has 4 aromatic rings. The van der Waals surface area contributed by atoms with Gasteiger partial charge in [-0.3, -0.25) is 4.98 Å². The number of nitrogens with zero attached hydrogens (tertiary/aromatic N) is 2. The molecule has 2 heterocycles. The molecule has 0 bridgehead atoms. The Bertz CT molecular complexity index is 1530. The van der Waals surface area contributed by atoms with E-state index in [2.05, 4.69) is 14.9 Å². The van der Waals surface area contributed by atoms with Crippen LogP contribution in [0.3, 0.4) is 0 Å². The molecule has 2 aromatic carbocycles. The van der Waals surface area contributed by atoms with Gasteiger partial charge in [0.1, 0.15) is 6.61 Å². The van der Waals surface area contributed by atoms with E-state index < -0.39 is 10.0 Å². The summed E-state index contributed by atoms with van der Waals surface area (Å²) in [6.07, 6.45) is 0. The molecule has 188 valence electrons. The Hall–Kier alpha value is -3.85. The molecule has 0 amide bonds. The summed E-state index contributed by atoms with van der Waals surface area (Å²) in [6.45, 7) is 9.57. The molecule has 0 saturated heterocycles. The molecule has 1 N–H and O–H groups in total. The largest absolute Gasteiger partial charge is 0.491 e. The number of benzene rings is 2. The van der Waals surface area contributed by atoms with Crippen LogP contribution in [0.25, 0.3) is 11.1 Å². The summed E-state index contributed by atoms with van der Waals surface area (Å²) in [5.74, 6) is 1.35. The van der Waals surface area contributed by atoms with Gasteiger partial charge in [0, 0.05) is 22.9 Å². The average molecular weight is 508 g/mol. The Morgan fingerprint density at radius 3 is 2.36 bits per heavy atom. The zero-order valence-corrected chi connectivity index (χ0v) is 22.0. The number of aromatic nitrogens is 2. The standard InChI is InChI=1S/C27H29N3O5S/c1-16-13-21(15-34-24-14-17(2)28-20(5)26(24)33-6)11-12-22(16)23-9-7-8-10-25(23)36(31,32)30-27-18(3)19(4)29-35-27/h7-14,30H,15H2,1-6H3. The number of anilines is 1. The van der Waals surface area contributed by atoms with E-state index in [-0.39, 0.29) is 10.8 Å². The van der Waals surface area contributed by atoms with Crippen LogP contribution in [-0.2, 0) is 16.6 Å². The van der Waals surface area contributed by atoms with E-state index >= 15 is 0 Å². The van der Waals surface area contributed by atoms with Gasteiger partial charge in [0.05, 0.1) is 23.4 Å². The lowest BCUT2D eigenvalue weighted by molar-refractivity contribution is 0.282. The van der Waals surface area contributed by atoms with Gasteiger partial charge in [-0.25, -0.2) is 13.1 Å². The van der Waals surface area contributed by atoms with Gasteiger partial charge in [-0.05, 0) is 57.4 Å². The third-order valence-corrected chi connectivity index (χ3v) is 7.37. The Labute approximate surface area is 211 Å². The van der Waals surface area contributed by atoms with Crippen LogP contribution in [0.4, 0.5) is 5.88 Å². The first kappa shape index (κ1) is 25.2. The molecule has 9 heteroatoms. The number of ether oxygens (including phenoxy) is 2. The van der Waals surface area contributed by atoms with E-state index in [0.717, 1.165) is 28.1 Å². The van der Waals surface area contributed by atoms with Gasteiger partial charge in [0.25, 0.3) is 10.0 Å². The minimum atomic E-state index is -3.92. The van der Waals surface area contributed by atoms with E-state index in [0.29, 0.717) is 34.9 Å². The van der Waals surface area contributed by atoms with Crippen molar-refractivity contribution in [2.75, 3.05) is 11.8 Å². The average Bonchev–Trinajstić information content (AvgIpc) is 3.14. The fraction of sp³-hybridized carbons (Fsp3) is 0.259. The van der Waals surface area contributed by atoms with Crippen molar-refractivity contribution in [3.05, 3.63) is 82.3 Å². The summed E-state index contributed by atoms with van der Waals surface area (Å²) in [6, 6.07) is 14.5. The molecule has 0 aliphatic carbocycles. The summed E-state index contributed by atoms with van der Waals surface area (Å²) in [4.78, 5) is 4.56. The van der Waals surface area contributed by atoms with E-state index in [4.69, 9.17) is 14.0 Å². The van der Waals surface area contributed by atoms with Crippen LogP contribution in [0.2, 0.25) is 0 Å². The first-order valence-corrected chi connectivity index (χ1v) is 12.9. The maximum Gasteiger partial charge on any atom is 0.264 e. The van der Waals surface area contributed by atoms with Crippen LogP contribution in [0, 0.1) is 34.6 Å². The molecule has 0 fully saturated rings. The summed E-state index contributed by atoms with van der Waals surface area (Å²) < 4.78 is 45.7. The minimum absolute atomic E-state index is 0.114. The van der Waals surface area contributed by atoms with E-state index in [9.17, 15) is 8.42 Å². The highest BCUT2D eigenvalue weighted by molar-refractivity contribution is 7.92. The minimum Gasteiger partial charge on any atom is -0.491 e. The number of aryl methyl sites for hydroxylation is 4. The number of hydrogen-bond acceptors (Lipinski definition) is 7. The molecule has 0 unspecified atom stereocenters. The lowest BCUT2D eigenvalue weighted by Gasteiger charge is -2.16. The molecule has 4 rings (SSSR count). The van der Waals surface area contributed by atoms with E-state index in [1.807, 2.05) is 51.1 Å². The van der Waals surface area contributed by atoms with Gasteiger partial charge in [0.2, 0.25) is 5.88 Å². The third-order valence-electron chi connectivity index (χ3n) is 5.98. The molecule has 0 spiro atoms. The van der Waals surface area contributed by atoms with Crippen molar-refractivity contribution in [1.29, 1.82) is 0 Å². The maximum atomic E-state index is 13.3. The SMILES string of the molecule is COc1c(OCc2ccc(-c3ccccc3S(=O)(=O)Nc3onc(C)c3C)c(C)c2)cc(C)nc1C. The van der Waals surface area contributed by atoms with Crippen molar-refractivity contribution in [3.63, 3.8) is 0 Å². The summed E-state index contributed by atoms with van der Waals surface area (Å²) in [7, 11) is -2.32. The Morgan fingerprint density at radius 1 is 0.944 bits per heavy atom. The molecule has 36 heavy (non-hydrogen) atoms. The molecule has 0 saturated carbocycles. The smallest absolute Gasteiger partial charge is 0.264 e. The molecule has 0 radical (unpaired) electrons. The molecular formula is C27H29N3O5S. The van der Waals surface area contributed by atoms with Crippen LogP contribution >= 0.6 is 0 Å². The van der Waals surface area contributed by atoms with Gasteiger partial charge in [-0.2, -0.15) is 0 Å². The first-order chi connectivity index (χ1) is 17.1. The topological polar surface area (TPSA) is 104 Å².